The van der Waals surface area contributed by atoms with Crippen molar-refractivity contribution in [2.75, 3.05) is 6.54 Å². The predicted octanol–water partition coefficient (Wildman–Crippen LogP) is 0.563. The molecule has 8 nitrogen and oxygen atoms in total. The van der Waals surface area contributed by atoms with Gasteiger partial charge in [0, 0.05) is 30.7 Å². The lowest BCUT2D eigenvalue weighted by molar-refractivity contribution is -0.384. The van der Waals surface area contributed by atoms with Gasteiger partial charge < -0.3 is 15.1 Å². The summed E-state index contributed by atoms with van der Waals surface area (Å²) in [6.45, 7) is 1.51. The van der Waals surface area contributed by atoms with Crippen molar-refractivity contribution < 1.29 is 24.7 Å². The number of carbonyl (C=O) groups excluding carboxylic acids is 1. The Bertz CT molecular complexity index is 615. The van der Waals surface area contributed by atoms with Gasteiger partial charge in [-0.3, -0.25) is 14.9 Å². The predicted molar refractivity (Wildman–Crippen MR) is 70.9 cm³/mol. The molecule has 0 spiro atoms. The summed E-state index contributed by atoms with van der Waals surface area (Å²) in [5.41, 5.74) is 0.339. The lowest BCUT2D eigenvalue weighted by Crippen LogP contribution is -2.40. The molecule has 1 aliphatic heterocycles. The quantitative estimate of drug-likeness (QED) is 0.620. The van der Waals surface area contributed by atoms with Crippen LogP contribution in [0.1, 0.15) is 22.3 Å². The number of hydrogen-bond acceptors (Lipinski definition) is 5. The lowest BCUT2D eigenvalue weighted by atomic mass is 10.1. The first-order valence-corrected chi connectivity index (χ1v) is 6.27. The Morgan fingerprint density at radius 1 is 1.38 bits per heavy atom. The first-order chi connectivity index (χ1) is 9.79. The van der Waals surface area contributed by atoms with Gasteiger partial charge >= 0.3 is 5.97 Å². The molecule has 2 atom stereocenters. The first-order valence-electron chi connectivity index (χ1n) is 6.27. The molecular weight excluding hydrogens is 280 g/mol. The number of aliphatic hydroxyl groups excluding tert-OH is 1. The third-order valence-electron chi connectivity index (χ3n) is 3.34. The Morgan fingerprint density at radius 3 is 2.62 bits per heavy atom. The van der Waals surface area contributed by atoms with Gasteiger partial charge in [0.25, 0.3) is 11.6 Å². The molecule has 0 bridgehead atoms. The van der Waals surface area contributed by atoms with Gasteiger partial charge in [0.2, 0.25) is 0 Å². The fourth-order valence-corrected chi connectivity index (χ4v) is 2.43. The number of aliphatic carboxylic acids is 1. The molecule has 0 radical (unpaired) electrons. The van der Waals surface area contributed by atoms with Crippen molar-refractivity contribution in [2.45, 2.75) is 25.5 Å². The Balaban J connectivity index is 2.35. The molecule has 112 valence electrons. The highest BCUT2D eigenvalue weighted by Crippen LogP contribution is 2.23. The molecule has 0 aliphatic carbocycles. The highest BCUT2D eigenvalue weighted by molar-refractivity contribution is 5.97. The van der Waals surface area contributed by atoms with Crippen LogP contribution in [-0.4, -0.2) is 50.6 Å². The van der Waals surface area contributed by atoms with Gasteiger partial charge in [0.05, 0.1) is 11.0 Å². The topological polar surface area (TPSA) is 121 Å². The SMILES string of the molecule is Cc1cc(C(=O)N2C[C@H](O)C[C@@H]2C(=O)O)cc([N+](=O)[O-])c1. The van der Waals surface area contributed by atoms with Crippen molar-refractivity contribution in [1.29, 1.82) is 0 Å². The van der Waals surface area contributed by atoms with Crippen LogP contribution in [0, 0.1) is 17.0 Å². The van der Waals surface area contributed by atoms with Gasteiger partial charge in [-0.1, -0.05) is 0 Å². The van der Waals surface area contributed by atoms with Crippen LogP contribution in [-0.2, 0) is 4.79 Å². The van der Waals surface area contributed by atoms with Crippen molar-refractivity contribution in [2.24, 2.45) is 0 Å². The summed E-state index contributed by atoms with van der Waals surface area (Å²) in [5, 5.41) is 29.4. The van der Waals surface area contributed by atoms with E-state index < -0.39 is 28.9 Å². The third kappa shape index (κ3) is 3.00. The van der Waals surface area contributed by atoms with Crippen LogP contribution in [0.25, 0.3) is 0 Å². The number of carboxylic acids is 1. The van der Waals surface area contributed by atoms with E-state index in [4.69, 9.17) is 5.11 Å². The number of aliphatic hydroxyl groups is 1. The molecule has 0 aromatic heterocycles. The Hall–Kier alpha value is -2.48. The summed E-state index contributed by atoms with van der Waals surface area (Å²) >= 11 is 0. The van der Waals surface area contributed by atoms with Gasteiger partial charge in [-0.15, -0.1) is 0 Å². The van der Waals surface area contributed by atoms with E-state index in [1.54, 1.807) is 6.92 Å². The number of rotatable bonds is 3. The standard InChI is InChI=1S/C13H14N2O6/c1-7-2-8(4-9(3-7)15(20)21)12(17)14-6-10(16)5-11(14)13(18)19/h2-4,10-11,16H,5-6H2,1H3,(H,18,19)/t10-,11-/m1/s1. The molecule has 1 aromatic rings. The van der Waals surface area contributed by atoms with Crippen LogP contribution in [0.4, 0.5) is 5.69 Å². The van der Waals surface area contributed by atoms with Crippen LogP contribution in [0.15, 0.2) is 18.2 Å². The molecule has 2 rings (SSSR count). The number of nitrogens with zero attached hydrogens (tertiary/aromatic N) is 2. The number of carbonyl (C=O) groups is 2. The molecule has 1 aromatic carbocycles. The maximum absolute atomic E-state index is 12.4. The number of carboxylic acid groups (broad SMARTS) is 1. The van der Waals surface area contributed by atoms with E-state index in [-0.39, 0.29) is 24.2 Å². The molecule has 21 heavy (non-hydrogen) atoms. The monoisotopic (exact) mass is 294 g/mol. The summed E-state index contributed by atoms with van der Waals surface area (Å²) in [6, 6.07) is 2.77. The first kappa shape index (κ1) is 14.9. The normalized spacial score (nSPS) is 21.3. The second-order valence-electron chi connectivity index (χ2n) is 5.02. The number of nitro groups is 1. The average molecular weight is 294 g/mol. The molecule has 1 aliphatic rings. The Morgan fingerprint density at radius 2 is 2.05 bits per heavy atom. The molecular formula is C13H14N2O6. The van der Waals surface area contributed by atoms with Crippen molar-refractivity contribution >= 4 is 17.6 Å². The highest BCUT2D eigenvalue weighted by Gasteiger charge is 2.39. The zero-order chi connectivity index (χ0) is 15.7. The number of non-ortho nitro benzene ring substituents is 1. The smallest absolute Gasteiger partial charge is 0.326 e. The molecule has 1 fully saturated rings. The number of likely N-dealkylation sites (tertiary alicyclic amines) is 1. The zero-order valence-corrected chi connectivity index (χ0v) is 11.2. The molecule has 1 heterocycles. The number of amides is 1. The van der Waals surface area contributed by atoms with Crippen molar-refractivity contribution in [1.82, 2.24) is 4.90 Å². The zero-order valence-electron chi connectivity index (χ0n) is 11.2. The third-order valence-corrected chi connectivity index (χ3v) is 3.34. The Labute approximate surface area is 119 Å². The maximum Gasteiger partial charge on any atom is 0.326 e. The minimum atomic E-state index is -1.21. The van der Waals surface area contributed by atoms with Gasteiger partial charge in [-0.2, -0.15) is 0 Å². The summed E-state index contributed by atoms with van der Waals surface area (Å²) in [5.74, 6) is -1.84. The lowest BCUT2D eigenvalue weighted by Gasteiger charge is -2.21. The van der Waals surface area contributed by atoms with E-state index in [1.165, 1.54) is 12.1 Å². The number of β-amino-alcohol motifs (C(OH)–C–C–N with tert-alkyl or cyclic N) is 1. The fourth-order valence-electron chi connectivity index (χ4n) is 2.43. The van der Waals surface area contributed by atoms with Crippen LogP contribution >= 0.6 is 0 Å². The molecule has 0 unspecified atom stereocenters. The largest absolute Gasteiger partial charge is 0.480 e. The summed E-state index contributed by atoms with van der Waals surface area (Å²) < 4.78 is 0. The van der Waals surface area contributed by atoms with E-state index in [0.29, 0.717) is 5.56 Å². The van der Waals surface area contributed by atoms with Crippen molar-refractivity contribution in [3.8, 4) is 0 Å². The molecule has 0 saturated carbocycles. The van der Waals surface area contributed by atoms with Gasteiger partial charge in [0.15, 0.2) is 0 Å². The number of nitro benzene ring substituents is 1. The molecule has 1 saturated heterocycles. The average Bonchev–Trinajstić information content (AvgIpc) is 2.79. The maximum atomic E-state index is 12.4. The van der Waals surface area contributed by atoms with Crippen molar-refractivity contribution in [3.05, 3.63) is 39.4 Å². The molecule has 1 amide bonds. The van der Waals surface area contributed by atoms with Crippen LogP contribution in [0.3, 0.4) is 0 Å². The van der Waals surface area contributed by atoms with Crippen LogP contribution < -0.4 is 0 Å². The number of benzene rings is 1. The van der Waals surface area contributed by atoms with Crippen LogP contribution in [0.2, 0.25) is 0 Å². The minimum absolute atomic E-state index is 0.0436. The van der Waals surface area contributed by atoms with E-state index >= 15 is 0 Å². The van der Waals surface area contributed by atoms with E-state index in [2.05, 4.69) is 0 Å². The van der Waals surface area contributed by atoms with E-state index in [9.17, 15) is 24.8 Å². The molecule has 2 N–H and O–H groups in total. The Kier molecular flexibility index (Phi) is 3.90. The number of hydrogen-bond donors (Lipinski definition) is 2. The molecule has 8 heteroatoms. The minimum Gasteiger partial charge on any atom is -0.480 e. The summed E-state index contributed by atoms with van der Waals surface area (Å²) in [4.78, 5) is 34.7. The second-order valence-corrected chi connectivity index (χ2v) is 5.02. The summed E-state index contributed by atoms with van der Waals surface area (Å²) in [7, 11) is 0. The highest BCUT2D eigenvalue weighted by atomic mass is 16.6. The fraction of sp³-hybridized carbons (Fsp3) is 0.385. The second kappa shape index (κ2) is 5.49. The van der Waals surface area contributed by atoms with Gasteiger partial charge in [-0.05, 0) is 18.6 Å². The van der Waals surface area contributed by atoms with E-state index in [0.717, 1.165) is 11.0 Å². The van der Waals surface area contributed by atoms with Gasteiger partial charge in [-0.25, -0.2) is 4.79 Å². The summed E-state index contributed by atoms with van der Waals surface area (Å²) in [6.07, 6.45) is -0.954. The van der Waals surface area contributed by atoms with E-state index in [1.807, 2.05) is 0 Å². The van der Waals surface area contributed by atoms with Crippen LogP contribution in [0.5, 0.6) is 0 Å². The van der Waals surface area contributed by atoms with Crippen molar-refractivity contribution in [3.63, 3.8) is 0 Å². The number of aryl methyl sites for hydroxylation is 1. The van der Waals surface area contributed by atoms with Gasteiger partial charge in [0.1, 0.15) is 6.04 Å².